The van der Waals surface area contributed by atoms with Crippen LogP contribution in [0.1, 0.15) is 29.5 Å². The lowest BCUT2D eigenvalue weighted by Crippen LogP contribution is -2.32. The third-order valence-corrected chi connectivity index (χ3v) is 4.55. The first-order valence-corrected chi connectivity index (χ1v) is 8.32. The van der Waals surface area contributed by atoms with Crippen molar-refractivity contribution in [3.63, 3.8) is 0 Å². The molecule has 5 nitrogen and oxygen atoms in total. The monoisotopic (exact) mass is 322 g/mol. The zero-order valence-electron chi connectivity index (χ0n) is 13.7. The Labute approximate surface area is 142 Å². The maximum Gasteiger partial charge on any atom is 0.127 e. The van der Waals surface area contributed by atoms with E-state index >= 15 is 0 Å². The van der Waals surface area contributed by atoms with Crippen LogP contribution >= 0.6 is 0 Å². The lowest BCUT2D eigenvalue weighted by Gasteiger charge is -2.24. The van der Waals surface area contributed by atoms with Crippen molar-refractivity contribution >= 4 is 5.82 Å². The number of aromatic nitrogens is 1. The van der Waals surface area contributed by atoms with Crippen molar-refractivity contribution in [1.29, 1.82) is 5.26 Å². The minimum Gasteiger partial charge on any atom is -0.395 e. The Morgan fingerprint density at radius 1 is 1.29 bits per heavy atom. The molecule has 3 rings (SSSR count). The zero-order chi connectivity index (χ0) is 16.8. The number of rotatable bonds is 6. The normalized spacial score (nSPS) is 17.6. The maximum absolute atomic E-state index is 9.50. The molecule has 2 N–H and O–H groups in total. The van der Waals surface area contributed by atoms with E-state index in [0.29, 0.717) is 17.9 Å². The summed E-state index contributed by atoms with van der Waals surface area (Å²) in [4.78, 5) is 6.61. The van der Waals surface area contributed by atoms with Crippen LogP contribution in [0.2, 0.25) is 0 Å². The van der Waals surface area contributed by atoms with Gasteiger partial charge in [0, 0.05) is 25.3 Å². The Kier molecular flexibility index (Phi) is 5.42. The van der Waals surface area contributed by atoms with Gasteiger partial charge < -0.3 is 10.4 Å². The average Bonchev–Trinajstić information content (AvgIpc) is 3.08. The van der Waals surface area contributed by atoms with Crippen LogP contribution in [0.15, 0.2) is 42.6 Å². The molecule has 1 saturated heterocycles. The van der Waals surface area contributed by atoms with Gasteiger partial charge in [0.2, 0.25) is 0 Å². The van der Waals surface area contributed by atoms with Gasteiger partial charge in [-0.15, -0.1) is 0 Å². The van der Waals surface area contributed by atoms with E-state index in [2.05, 4.69) is 39.5 Å². The van der Waals surface area contributed by atoms with Gasteiger partial charge in [-0.3, -0.25) is 4.90 Å². The first kappa shape index (κ1) is 16.4. The van der Waals surface area contributed by atoms with Crippen LogP contribution in [0.4, 0.5) is 5.82 Å². The number of nitriles is 1. The van der Waals surface area contributed by atoms with Crippen molar-refractivity contribution < 1.29 is 5.11 Å². The van der Waals surface area contributed by atoms with Crippen molar-refractivity contribution in [2.24, 2.45) is 0 Å². The van der Waals surface area contributed by atoms with Crippen LogP contribution in [0.3, 0.4) is 0 Å². The van der Waals surface area contributed by atoms with E-state index in [4.69, 9.17) is 5.26 Å². The molecule has 0 saturated carbocycles. The first-order valence-electron chi connectivity index (χ1n) is 8.32. The number of nitrogens with one attached hydrogen (secondary N) is 1. The van der Waals surface area contributed by atoms with Crippen LogP contribution in [-0.2, 0) is 13.1 Å². The summed E-state index contributed by atoms with van der Waals surface area (Å²) in [6, 6.07) is 14.2. The summed E-state index contributed by atoms with van der Waals surface area (Å²) in [6.45, 7) is 2.79. The lowest BCUT2D eigenvalue weighted by atomic mass is 10.1. The highest BCUT2D eigenvalue weighted by Gasteiger charge is 2.24. The van der Waals surface area contributed by atoms with E-state index in [0.717, 1.165) is 25.9 Å². The molecule has 2 aromatic rings. The number of aliphatic hydroxyl groups is 1. The van der Waals surface area contributed by atoms with Crippen LogP contribution in [0, 0.1) is 11.3 Å². The van der Waals surface area contributed by atoms with E-state index in [-0.39, 0.29) is 12.6 Å². The highest BCUT2D eigenvalue weighted by Crippen LogP contribution is 2.21. The lowest BCUT2D eigenvalue weighted by molar-refractivity contribution is 0.153. The quantitative estimate of drug-likeness (QED) is 0.855. The Bertz CT molecular complexity index is 725. The van der Waals surface area contributed by atoms with E-state index < -0.39 is 0 Å². The number of aliphatic hydroxyl groups excluding tert-OH is 1. The third-order valence-electron chi connectivity index (χ3n) is 4.55. The molecule has 0 aliphatic carbocycles. The van der Waals surface area contributed by atoms with Crippen LogP contribution in [0.5, 0.6) is 0 Å². The molecule has 5 heteroatoms. The predicted molar refractivity (Wildman–Crippen MR) is 93.2 cm³/mol. The Hall–Kier alpha value is -2.42. The van der Waals surface area contributed by atoms with Gasteiger partial charge in [0.05, 0.1) is 18.2 Å². The van der Waals surface area contributed by atoms with Gasteiger partial charge in [0.15, 0.2) is 0 Å². The van der Waals surface area contributed by atoms with Crippen molar-refractivity contribution in [3.8, 4) is 6.07 Å². The van der Waals surface area contributed by atoms with E-state index in [1.807, 2.05) is 6.07 Å². The van der Waals surface area contributed by atoms with Crippen molar-refractivity contribution in [1.82, 2.24) is 9.88 Å². The molecule has 1 atom stereocenters. The van der Waals surface area contributed by atoms with Gasteiger partial charge in [-0.1, -0.05) is 24.3 Å². The second-order valence-corrected chi connectivity index (χ2v) is 6.11. The summed E-state index contributed by atoms with van der Waals surface area (Å²) < 4.78 is 0. The van der Waals surface area contributed by atoms with E-state index in [1.165, 1.54) is 11.1 Å². The molecule has 124 valence electrons. The van der Waals surface area contributed by atoms with Gasteiger partial charge in [-0.05, 0) is 42.6 Å². The Balaban J connectivity index is 1.69. The standard InChI is InChI=1S/C19H22N4O/c20-11-15-7-8-21-19(10-15)22-12-16-4-1-2-5-17(16)13-23-9-3-6-18(23)14-24/h1-2,4-5,7-8,10,18,24H,3,6,9,12-14H2,(H,21,22). The summed E-state index contributed by atoms with van der Waals surface area (Å²) in [5.74, 6) is 0.707. The fraction of sp³-hybridized carbons (Fsp3) is 0.368. The van der Waals surface area contributed by atoms with Crippen LogP contribution in [-0.4, -0.2) is 34.2 Å². The molecule has 24 heavy (non-hydrogen) atoms. The van der Waals surface area contributed by atoms with Gasteiger partial charge in [0.1, 0.15) is 5.82 Å². The number of pyridine rings is 1. The first-order chi connectivity index (χ1) is 11.8. The average molecular weight is 322 g/mol. The van der Waals surface area contributed by atoms with Gasteiger partial charge in [-0.2, -0.15) is 5.26 Å². The fourth-order valence-corrected chi connectivity index (χ4v) is 3.20. The van der Waals surface area contributed by atoms with Gasteiger partial charge in [-0.25, -0.2) is 4.98 Å². The molecule has 1 aliphatic rings. The number of anilines is 1. The largest absolute Gasteiger partial charge is 0.395 e. The number of nitrogens with zero attached hydrogens (tertiary/aromatic N) is 3. The molecular formula is C19H22N4O. The predicted octanol–water partition coefficient (Wildman–Crippen LogP) is 2.52. The van der Waals surface area contributed by atoms with Crippen LogP contribution in [0.25, 0.3) is 0 Å². The molecule has 0 amide bonds. The molecule has 1 aromatic carbocycles. The van der Waals surface area contributed by atoms with Crippen molar-refractivity contribution in [2.75, 3.05) is 18.5 Å². The molecule has 0 bridgehead atoms. The molecule has 1 fully saturated rings. The number of hydrogen-bond donors (Lipinski definition) is 2. The van der Waals surface area contributed by atoms with Gasteiger partial charge in [0.25, 0.3) is 0 Å². The summed E-state index contributed by atoms with van der Waals surface area (Å²) in [5.41, 5.74) is 3.08. The SMILES string of the molecule is N#Cc1ccnc(NCc2ccccc2CN2CCCC2CO)c1. The molecule has 0 radical (unpaired) electrons. The van der Waals surface area contributed by atoms with E-state index in [9.17, 15) is 5.11 Å². The molecule has 0 spiro atoms. The Morgan fingerprint density at radius 3 is 2.92 bits per heavy atom. The molecule has 1 aromatic heterocycles. The number of likely N-dealkylation sites (tertiary alicyclic amines) is 1. The summed E-state index contributed by atoms with van der Waals surface area (Å²) >= 11 is 0. The topological polar surface area (TPSA) is 72.2 Å². The molecule has 1 aliphatic heterocycles. The Morgan fingerprint density at radius 2 is 2.12 bits per heavy atom. The highest BCUT2D eigenvalue weighted by molar-refractivity contribution is 5.43. The van der Waals surface area contributed by atoms with Crippen molar-refractivity contribution in [2.45, 2.75) is 32.0 Å². The fourth-order valence-electron chi connectivity index (χ4n) is 3.20. The van der Waals surface area contributed by atoms with Crippen LogP contribution < -0.4 is 5.32 Å². The zero-order valence-corrected chi connectivity index (χ0v) is 13.7. The van der Waals surface area contributed by atoms with Gasteiger partial charge >= 0.3 is 0 Å². The smallest absolute Gasteiger partial charge is 0.127 e. The second kappa shape index (κ2) is 7.91. The number of benzene rings is 1. The summed E-state index contributed by atoms with van der Waals surface area (Å²) in [5, 5.41) is 21.8. The molecule has 2 heterocycles. The minimum atomic E-state index is 0.227. The third kappa shape index (κ3) is 3.91. The maximum atomic E-state index is 9.50. The molecular weight excluding hydrogens is 300 g/mol. The van der Waals surface area contributed by atoms with Crippen molar-refractivity contribution in [3.05, 3.63) is 59.3 Å². The van der Waals surface area contributed by atoms with E-state index in [1.54, 1.807) is 18.3 Å². The summed E-state index contributed by atoms with van der Waals surface area (Å²) in [7, 11) is 0. The highest BCUT2D eigenvalue weighted by atomic mass is 16.3. The number of hydrogen-bond acceptors (Lipinski definition) is 5. The minimum absolute atomic E-state index is 0.227. The summed E-state index contributed by atoms with van der Waals surface area (Å²) in [6.07, 6.45) is 3.86. The second-order valence-electron chi connectivity index (χ2n) is 6.11. The molecule has 1 unspecified atom stereocenters.